The maximum Gasteiger partial charge on any atom is 0.0653 e. The molecule has 2 rings (SSSR count). The summed E-state index contributed by atoms with van der Waals surface area (Å²) in [6, 6.07) is 0. The Balaban J connectivity index is 2.27. The van der Waals surface area contributed by atoms with Crippen molar-refractivity contribution in [3.05, 3.63) is 11.6 Å². The van der Waals surface area contributed by atoms with E-state index in [1.807, 2.05) is 0 Å². The van der Waals surface area contributed by atoms with Crippen LogP contribution in [0.15, 0.2) is 11.6 Å². The molecule has 0 amide bonds. The zero-order chi connectivity index (χ0) is 11.9. The van der Waals surface area contributed by atoms with Crippen molar-refractivity contribution in [2.24, 2.45) is 23.7 Å². The normalized spacial score (nSPS) is 44.1. The zero-order valence-corrected chi connectivity index (χ0v) is 11.2. The standard InChI is InChI=1S/C15H26O/c1-10(2)12-7-8-15(4,16)14-6-5-11(3)9-13(12)14/h9-10,12-14,16H,5-8H2,1-4H3/t12-,13+,14+,15-/m1/s1. The van der Waals surface area contributed by atoms with Gasteiger partial charge in [0.25, 0.3) is 0 Å². The van der Waals surface area contributed by atoms with Gasteiger partial charge in [-0.15, -0.1) is 0 Å². The van der Waals surface area contributed by atoms with E-state index in [0.29, 0.717) is 11.8 Å². The van der Waals surface area contributed by atoms with Gasteiger partial charge in [-0.1, -0.05) is 25.5 Å². The summed E-state index contributed by atoms with van der Waals surface area (Å²) in [5, 5.41) is 10.5. The van der Waals surface area contributed by atoms with Gasteiger partial charge in [0.05, 0.1) is 5.60 Å². The molecule has 0 unspecified atom stereocenters. The highest BCUT2D eigenvalue weighted by Gasteiger charge is 2.46. The van der Waals surface area contributed by atoms with Crippen molar-refractivity contribution in [2.75, 3.05) is 0 Å². The number of hydrogen-bond acceptors (Lipinski definition) is 1. The zero-order valence-electron chi connectivity index (χ0n) is 11.2. The summed E-state index contributed by atoms with van der Waals surface area (Å²) >= 11 is 0. The molecule has 1 heteroatoms. The minimum atomic E-state index is -0.423. The summed E-state index contributed by atoms with van der Waals surface area (Å²) in [5.41, 5.74) is 1.11. The first-order valence-corrected chi connectivity index (χ1v) is 6.81. The van der Waals surface area contributed by atoms with Crippen LogP contribution in [0.3, 0.4) is 0 Å². The summed E-state index contributed by atoms with van der Waals surface area (Å²) in [7, 11) is 0. The van der Waals surface area contributed by atoms with Crippen molar-refractivity contribution in [2.45, 2.75) is 59.0 Å². The van der Waals surface area contributed by atoms with Crippen molar-refractivity contribution in [1.82, 2.24) is 0 Å². The lowest BCUT2D eigenvalue weighted by Crippen LogP contribution is -2.48. The van der Waals surface area contributed by atoms with Crippen molar-refractivity contribution >= 4 is 0 Å². The first kappa shape index (κ1) is 12.2. The van der Waals surface area contributed by atoms with Crippen LogP contribution in [0, 0.1) is 23.7 Å². The number of allylic oxidation sites excluding steroid dienone is 2. The van der Waals surface area contributed by atoms with Crippen LogP contribution in [0.4, 0.5) is 0 Å². The van der Waals surface area contributed by atoms with Crippen LogP contribution in [0.2, 0.25) is 0 Å². The third-order valence-electron chi connectivity index (χ3n) is 4.92. The number of rotatable bonds is 1. The second-order valence-electron chi connectivity index (χ2n) is 6.54. The first-order chi connectivity index (χ1) is 7.42. The fraction of sp³-hybridized carbons (Fsp3) is 0.867. The van der Waals surface area contributed by atoms with E-state index >= 15 is 0 Å². The molecule has 0 bridgehead atoms. The molecule has 0 aliphatic heterocycles. The summed E-state index contributed by atoms with van der Waals surface area (Å²) in [6.45, 7) is 8.96. The molecular formula is C15H26O. The highest BCUT2D eigenvalue weighted by Crippen LogP contribution is 2.49. The molecule has 4 atom stereocenters. The quantitative estimate of drug-likeness (QED) is 0.669. The van der Waals surface area contributed by atoms with Crippen LogP contribution in [0.5, 0.6) is 0 Å². The van der Waals surface area contributed by atoms with Gasteiger partial charge in [0.1, 0.15) is 0 Å². The summed E-state index contributed by atoms with van der Waals surface area (Å²) in [5.74, 6) is 2.64. The Morgan fingerprint density at radius 2 is 2.06 bits per heavy atom. The molecule has 1 nitrogen and oxygen atoms in total. The summed E-state index contributed by atoms with van der Waals surface area (Å²) in [4.78, 5) is 0. The van der Waals surface area contributed by atoms with E-state index in [9.17, 15) is 5.11 Å². The van der Waals surface area contributed by atoms with Gasteiger partial charge < -0.3 is 5.11 Å². The van der Waals surface area contributed by atoms with Gasteiger partial charge >= 0.3 is 0 Å². The maximum atomic E-state index is 10.5. The number of hydrogen-bond donors (Lipinski definition) is 1. The molecule has 0 aromatic heterocycles. The predicted octanol–water partition coefficient (Wildman–Crippen LogP) is 3.78. The lowest BCUT2D eigenvalue weighted by Gasteiger charge is -2.49. The summed E-state index contributed by atoms with van der Waals surface area (Å²) in [6.07, 6.45) is 7.01. The molecule has 92 valence electrons. The molecule has 0 aromatic carbocycles. The van der Waals surface area contributed by atoms with Gasteiger partial charge in [0.15, 0.2) is 0 Å². The van der Waals surface area contributed by atoms with Crippen molar-refractivity contribution in [3.8, 4) is 0 Å². The van der Waals surface area contributed by atoms with Crippen LogP contribution >= 0.6 is 0 Å². The van der Waals surface area contributed by atoms with Crippen LogP contribution < -0.4 is 0 Å². The smallest absolute Gasteiger partial charge is 0.0653 e. The molecule has 2 aliphatic carbocycles. The van der Waals surface area contributed by atoms with Crippen molar-refractivity contribution < 1.29 is 5.11 Å². The molecule has 1 N–H and O–H groups in total. The fourth-order valence-corrected chi connectivity index (χ4v) is 3.87. The molecule has 1 fully saturated rings. The Hall–Kier alpha value is -0.300. The molecule has 16 heavy (non-hydrogen) atoms. The van der Waals surface area contributed by atoms with Gasteiger partial charge in [-0.05, 0) is 63.2 Å². The van der Waals surface area contributed by atoms with E-state index in [1.165, 1.54) is 24.8 Å². The molecule has 0 radical (unpaired) electrons. The maximum absolute atomic E-state index is 10.5. The molecule has 2 aliphatic rings. The minimum absolute atomic E-state index is 0.423. The Kier molecular flexibility index (Phi) is 3.18. The second-order valence-corrected chi connectivity index (χ2v) is 6.54. The van der Waals surface area contributed by atoms with Gasteiger partial charge in [-0.25, -0.2) is 0 Å². The van der Waals surface area contributed by atoms with Gasteiger partial charge in [-0.3, -0.25) is 0 Å². The Morgan fingerprint density at radius 3 is 2.69 bits per heavy atom. The number of fused-ring (bicyclic) bond motifs is 1. The van der Waals surface area contributed by atoms with Gasteiger partial charge in [0, 0.05) is 0 Å². The summed E-state index contributed by atoms with van der Waals surface area (Å²) < 4.78 is 0. The van der Waals surface area contributed by atoms with E-state index in [4.69, 9.17) is 0 Å². The van der Waals surface area contributed by atoms with Crippen LogP contribution in [0.1, 0.15) is 53.4 Å². The fourth-order valence-electron chi connectivity index (χ4n) is 3.87. The molecule has 0 saturated heterocycles. The van der Waals surface area contributed by atoms with E-state index in [2.05, 4.69) is 33.8 Å². The Bertz CT molecular complexity index is 288. The first-order valence-electron chi connectivity index (χ1n) is 6.81. The Morgan fingerprint density at radius 1 is 1.38 bits per heavy atom. The number of aliphatic hydroxyl groups is 1. The predicted molar refractivity (Wildman–Crippen MR) is 68.2 cm³/mol. The van der Waals surface area contributed by atoms with Crippen LogP contribution in [-0.4, -0.2) is 10.7 Å². The van der Waals surface area contributed by atoms with E-state index in [-0.39, 0.29) is 0 Å². The van der Waals surface area contributed by atoms with Crippen LogP contribution in [-0.2, 0) is 0 Å². The Labute approximate surface area is 99.9 Å². The van der Waals surface area contributed by atoms with Crippen molar-refractivity contribution in [1.29, 1.82) is 0 Å². The highest BCUT2D eigenvalue weighted by atomic mass is 16.3. The SMILES string of the molecule is CC1=C[C@H]2[C@@H](C(C)C)CC[C@@](C)(O)[C@H]2CC1. The average Bonchev–Trinajstić information content (AvgIpc) is 2.16. The topological polar surface area (TPSA) is 20.2 Å². The minimum Gasteiger partial charge on any atom is -0.390 e. The van der Waals surface area contributed by atoms with E-state index < -0.39 is 5.60 Å². The highest BCUT2D eigenvalue weighted by molar-refractivity contribution is 5.13. The third kappa shape index (κ3) is 2.07. The molecule has 0 spiro atoms. The van der Waals surface area contributed by atoms with Gasteiger partial charge in [-0.2, -0.15) is 0 Å². The molecule has 0 heterocycles. The third-order valence-corrected chi connectivity index (χ3v) is 4.92. The van der Waals surface area contributed by atoms with E-state index in [0.717, 1.165) is 18.3 Å². The lowest BCUT2D eigenvalue weighted by atomic mass is 9.58. The largest absolute Gasteiger partial charge is 0.390 e. The van der Waals surface area contributed by atoms with Gasteiger partial charge in [0.2, 0.25) is 0 Å². The molecule has 0 aromatic rings. The second kappa shape index (κ2) is 4.18. The van der Waals surface area contributed by atoms with E-state index in [1.54, 1.807) is 0 Å². The van der Waals surface area contributed by atoms with Crippen LogP contribution in [0.25, 0.3) is 0 Å². The monoisotopic (exact) mass is 222 g/mol. The lowest BCUT2D eigenvalue weighted by molar-refractivity contribution is -0.0807. The van der Waals surface area contributed by atoms with Crippen molar-refractivity contribution in [3.63, 3.8) is 0 Å². The molecular weight excluding hydrogens is 196 g/mol. The average molecular weight is 222 g/mol. The molecule has 1 saturated carbocycles.